The van der Waals surface area contributed by atoms with Gasteiger partial charge in [0.15, 0.2) is 0 Å². The van der Waals surface area contributed by atoms with E-state index >= 15 is 0 Å². The molecule has 0 saturated heterocycles. The minimum Gasteiger partial charge on any atom is -0.481 e. The molecule has 0 aliphatic heterocycles. The molecule has 1 aromatic rings. The lowest BCUT2D eigenvalue weighted by Crippen LogP contribution is -2.42. The summed E-state index contributed by atoms with van der Waals surface area (Å²) in [6, 6.07) is 3.78. The van der Waals surface area contributed by atoms with Crippen LogP contribution in [0.3, 0.4) is 0 Å². The number of nitrogens with zero attached hydrogens (tertiary/aromatic N) is 2. The van der Waals surface area contributed by atoms with Gasteiger partial charge in [0.2, 0.25) is 0 Å². The van der Waals surface area contributed by atoms with E-state index < -0.39 is 5.97 Å². The van der Waals surface area contributed by atoms with Gasteiger partial charge >= 0.3 is 12.0 Å². The number of hydrogen-bond donors (Lipinski definition) is 2. The second kappa shape index (κ2) is 6.36. The molecule has 1 saturated carbocycles. The van der Waals surface area contributed by atoms with Crippen LogP contribution >= 0.6 is 0 Å². The normalized spacial score (nSPS) is 13.8. The number of carbonyl (C=O) groups excluding carboxylic acids is 1. The van der Waals surface area contributed by atoms with Crippen LogP contribution < -0.4 is 5.32 Å². The average Bonchev–Trinajstić information content (AvgIpc) is 3.22. The lowest BCUT2D eigenvalue weighted by atomic mass is 10.2. The Bertz CT molecular complexity index is 500. The molecule has 1 heterocycles. The van der Waals surface area contributed by atoms with Gasteiger partial charge in [-0.05, 0) is 31.4 Å². The number of rotatable bonds is 6. The van der Waals surface area contributed by atoms with Crippen molar-refractivity contribution < 1.29 is 14.7 Å². The molecule has 1 aliphatic rings. The zero-order valence-electron chi connectivity index (χ0n) is 11.5. The highest BCUT2D eigenvalue weighted by Crippen LogP contribution is 2.26. The molecular weight excluding hydrogens is 258 g/mol. The molecule has 2 amide bonds. The topological polar surface area (TPSA) is 82.5 Å². The van der Waals surface area contributed by atoms with Crippen molar-refractivity contribution in [3.05, 3.63) is 29.6 Å². The highest BCUT2D eigenvalue weighted by atomic mass is 16.4. The van der Waals surface area contributed by atoms with Crippen molar-refractivity contribution in [2.45, 2.75) is 38.8 Å². The summed E-state index contributed by atoms with van der Waals surface area (Å²) in [6.07, 6.45) is 3.58. The molecule has 2 rings (SSSR count). The number of carboxylic acid groups (broad SMARTS) is 1. The van der Waals surface area contributed by atoms with Crippen molar-refractivity contribution >= 4 is 12.0 Å². The Labute approximate surface area is 117 Å². The minimum absolute atomic E-state index is 0.0213. The lowest BCUT2D eigenvalue weighted by Gasteiger charge is -2.22. The van der Waals surface area contributed by atoms with Crippen molar-refractivity contribution in [1.29, 1.82) is 0 Å². The quantitative estimate of drug-likeness (QED) is 0.826. The molecule has 0 unspecified atom stereocenters. The lowest BCUT2D eigenvalue weighted by molar-refractivity contribution is -0.137. The maximum Gasteiger partial charge on any atom is 0.317 e. The third-order valence-corrected chi connectivity index (χ3v) is 3.34. The fourth-order valence-electron chi connectivity index (χ4n) is 2.02. The monoisotopic (exact) mass is 277 g/mol. The molecule has 0 aromatic carbocycles. The first-order valence-electron chi connectivity index (χ1n) is 6.74. The molecule has 108 valence electrons. The molecule has 6 heteroatoms. The fourth-order valence-corrected chi connectivity index (χ4v) is 2.02. The Kier molecular flexibility index (Phi) is 4.55. The third kappa shape index (κ3) is 3.94. The molecule has 2 N–H and O–H groups in total. The molecule has 1 fully saturated rings. The SMILES string of the molecule is Cc1cccnc1CNC(=O)N(CCC(=O)O)C1CC1. The Morgan fingerprint density at radius 2 is 2.25 bits per heavy atom. The summed E-state index contributed by atoms with van der Waals surface area (Å²) in [6.45, 7) is 2.56. The van der Waals surface area contributed by atoms with Crippen LogP contribution in [0.5, 0.6) is 0 Å². The summed E-state index contributed by atoms with van der Waals surface area (Å²) in [5, 5.41) is 11.5. The molecular formula is C14H19N3O3. The van der Waals surface area contributed by atoms with Gasteiger partial charge in [0.1, 0.15) is 0 Å². The Balaban J connectivity index is 1.88. The maximum absolute atomic E-state index is 12.1. The number of hydrogen-bond acceptors (Lipinski definition) is 3. The Hall–Kier alpha value is -2.11. The van der Waals surface area contributed by atoms with Crippen molar-refractivity contribution in [2.24, 2.45) is 0 Å². The van der Waals surface area contributed by atoms with Crippen LogP contribution in [0.1, 0.15) is 30.5 Å². The summed E-state index contributed by atoms with van der Waals surface area (Å²) in [5.74, 6) is -0.885. The fraction of sp³-hybridized carbons (Fsp3) is 0.500. The van der Waals surface area contributed by atoms with E-state index in [0.717, 1.165) is 24.1 Å². The van der Waals surface area contributed by atoms with E-state index in [1.165, 1.54) is 0 Å². The van der Waals surface area contributed by atoms with Crippen molar-refractivity contribution in [1.82, 2.24) is 15.2 Å². The van der Waals surface area contributed by atoms with Gasteiger partial charge in [0, 0.05) is 18.8 Å². The van der Waals surface area contributed by atoms with E-state index in [4.69, 9.17) is 5.11 Å². The summed E-state index contributed by atoms with van der Waals surface area (Å²) in [5.41, 5.74) is 1.85. The van der Waals surface area contributed by atoms with Gasteiger partial charge in [-0.15, -0.1) is 0 Å². The van der Waals surface area contributed by atoms with Gasteiger partial charge in [0.25, 0.3) is 0 Å². The zero-order valence-corrected chi connectivity index (χ0v) is 11.5. The summed E-state index contributed by atoms with van der Waals surface area (Å²) in [7, 11) is 0. The molecule has 0 bridgehead atoms. The van der Waals surface area contributed by atoms with Crippen molar-refractivity contribution in [3.63, 3.8) is 0 Å². The highest BCUT2D eigenvalue weighted by Gasteiger charge is 2.32. The van der Waals surface area contributed by atoms with Gasteiger partial charge in [0.05, 0.1) is 18.7 Å². The standard InChI is InChI=1S/C14H19N3O3/c1-10-3-2-7-15-12(10)9-16-14(20)17(11-4-5-11)8-6-13(18)19/h2-3,7,11H,4-6,8-9H2,1H3,(H,16,20)(H,18,19). The highest BCUT2D eigenvalue weighted by molar-refractivity contribution is 5.76. The van der Waals surface area contributed by atoms with Gasteiger partial charge in [-0.1, -0.05) is 6.07 Å². The van der Waals surface area contributed by atoms with E-state index in [1.807, 2.05) is 19.1 Å². The summed E-state index contributed by atoms with van der Waals surface area (Å²) in [4.78, 5) is 28.6. The van der Waals surface area contributed by atoms with Crippen LogP contribution in [0.2, 0.25) is 0 Å². The predicted molar refractivity (Wildman–Crippen MR) is 73.2 cm³/mol. The molecule has 20 heavy (non-hydrogen) atoms. The number of aliphatic carboxylic acids is 1. The Morgan fingerprint density at radius 1 is 1.50 bits per heavy atom. The van der Waals surface area contributed by atoms with Crippen LogP contribution in [0.4, 0.5) is 4.79 Å². The molecule has 0 radical (unpaired) electrons. The van der Waals surface area contributed by atoms with Crippen LogP contribution in [0.15, 0.2) is 18.3 Å². The first-order chi connectivity index (χ1) is 9.58. The van der Waals surface area contributed by atoms with E-state index in [-0.39, 0.29) is 25.0 Å². The summed E-state index contributed by atoms with van der Waals surface area (Å²) < 4.78 is 0. The number of urea groups is 1. The van der Waals surface area contributed by atoms with Crippen LogP contribution in [-0.4, -0.2) is 39.6 Å². The molecule has 0 atom stereocenters. The predicted octanol–water partition coefficient (Wildman–Crippen LogP) is 1.54. The van der Waals surface area contributed by atoms with Gasteiger partial charge in [-0.3, -0.25) is 9.78 Å². The number of carbonyl (C=O) groups is 2. The van der Waals surface area contributed by atoms with E-state index in [2.05, 4.69) is 10.3 Å². The number of carboxylic acids is 1. The van der Waals surface area contributed by atoms with Gasteiger partial charge in [-0.25, -0.2) is 4.79 Å². The number of aryl methyl sites for hydroxylation is 1. The smallest absolute Gasteiger partial charge is 0.317 e. The second-order valence-electron chi connectivity index (χ2n) is 4.99. The van der Waals surface area contributed by atoms with Gasteiger partial charge < -0.3 is 15.3 Å². The minimum atomic E-state index is -0.885. The third-order valence-electron chi connectivity index (χ3n) is 3.34. The van der Waals surface area contributed by atoms with E-state index in [0.29, 0.717) is 6.54 Å². The molecule has 1 aromatic heterocycles. The summed E-state index contributed by atoms with van der Waals surface area (Å²) >= 11 is 0. The average molecular weight is 277 g/mol. The number of aromatic nitrogens is 1. The van der Waals surface area contributed by atoms with Crippen LogP contribution in [0.25, 0.3) is 0 Å². The van der Waals surface area contributed by atoms with E-state index in [1.54, 1.807) is 11.1 Å². The van der Waals surface area contributed by atoms with E-state index in [9.17, 15) is 9.59 Å². The number of pyridine rings is 1. The second-order valence-corrected chi connectivity index (χ2v) is 4.99. The van der Waals surface area contributed by atoms with Crippen LogP contribution in [0, 0.1) is 6.92 Å². The van der Waals surface area contributed by atoms with Crippen LogP contribution in [-0.2, 0) is 11.3 Å². The van der Waals surface area contributed by atoms with Crippen molar-refractivity contribution in [3.8, 4) is 0 Å². The first-order valence-corrected chi connectivity index (χ1v) is 6.74. The van der Waals surface area contributed by atoms with Crippen molar-refractivity contribution in [2.75, 3.05) is 6.54 Å². The van der Waals surface area contributed by atoms with Gasteiger partial charge in [-0.2, -0.15) is 0 Å². The maximum atomic E-state index is 12.1. The molecule has 0 spiro atoms. The molecule has 1 aliphatic carbocycles. The number of amides is 2. The Morgan fingerprint density at radius 3 is 2.85 bits per heavy atom. The first kappa shape index (κ1) is 14.3. The zero-order chi connectivity index (χ0) is 14.5. The number of nitrogens with one attached hydrogen (secondary N) is 1. The molecule has 6 nitrogen and oxygen atoms in total. The largest absolute Gasteiger partial charge is 0.481 e.